The van der Waals surface area contributed by atoms with Gasteiger partial charge >= 0.3 is 0 Å². The molecule has 7 heteroatoms. The second-order valence-electron chi connectivity index (χ2n) is 6.72. The van der Waals surface area contributed by atoms with Crippen LogP contribution in [-0.2, 0) is 13.1 Å². The van der Waals surface area contributed by atoms with E-state index in [9.17, 15) is 0 Å². The number of aromatic nitrogens is 3. The molecule has 0 saturated heterocycles. The maximum absolute atomic E-state index is 6.37. The Morgan fingerprint density at radius 1 is 1.07 bits per heavy atom. The molecule has 0 aliphatic heterocycles. The van der Waals surface area contributed by atoms with Crippen LogP contribution in [0.1, 0.15) is 17.0 Å². The van der Waals surface area contributed by atoms with Gasteiger partial charge in [0.1, 0.15) is 22.6 Å². The van der Waals surface area contributed by atoms with Crippen LogP contribution in [0.4, 0.5) is 0 Å². The number of nitrogens with zero attached hydrogens (tertiary/aromatic N) is 3. The van der Waals surface area contributed by atoms with E-state index in [1.807, 2.05) is 37.3 Å². The summed E-state index contributed by atoms with van der Waals surface area (Å²) in [5.41, 5.74) is 4.19. The molecule has 2 aromatic carbocycles. The minimum atomic E-state index is 0. The van der Waals surface area contributed by atoms with E-state index in [4.69, 9.17) is 27.9 Å². The molecule has 0 fully saturated rings. The first kappa shape index (κ1) is 21.4. The average Bonchev–Trinajstić information content (AvgIpc) is 3.00. The summed E-state index contributed by atoms with van der Waals surface area (Å²) in [6.07, 6.45) is 4.17. The molecule has 0 aliphatic rings. The molecule has 0 N–H and O–H groups in total. The van der Waals surface area contributed by atoms with Gasteiger partial charge in [-0.25, -0.2) is 4.98 Å². The van der Waals surface area contributed by atoms with E-state index in [1.165, 1.54) is 5.56 Å². The average molecular weight is 449 g/mol. The summed E-state index contributed by atoms with van der Waals surface area (Å²) in [7, 11) is 1.67. The molecule has 4 rings (SSSR count). The SMILES string of the molecule is COc1ccc(C[n+]2ccc3nc(C)n(Cc4cc(Cl)ccc4Cl)c3c2)cc1.[Cl-]. The van der Waals surface area contributed by atoms with Gasteiger partial charge < -0.3 is 21.7 Å². The second-order valence-corrected chi connectivity index (χ2v) is 7.56. The molecule has 0 saturated carbocycles. The predicted molar refractivity (Wildman–Crippen MR) is 112 cm³/mol. The third-order valence-electron chi connectivity index (χ3n) is 4.80. The van der Waals surface area contributed by atoms with Gasteiger partial charge in [0.2, 0.25) is 0 Å². The molecule has 4 aromatic rings. The monoisotopic (exact) mass is 447 g/mol. The van der Waals surface area contributed by atoms with Crippen molar-refractivity contribution in [3.63, 3.8) is 0 Å². The summed E-state index contributed by atoms with van der Waals surface area (Å²) < 4.78 is 9.55. The van der Waals surface area contributed by atoms with Crippen molar-refractivity contribution < 1.29 is 21.7 Å². The smallest absolute Gasteiger partial charge is 0.195 e. The number of hydrogen-bond donors (Lipinski definition) is 0. The number of pyridine rings is 1. The quantitative estimate of drug-likeness (QED) is 0.438. The normalized spacial score (nSPS) is 10.8. The summed E-state index contributed by atoms with van der Waals surface area (Å²) in [4.78, 5) is 4.69. The Bertz CT molecular complexity index is 1140. The number of ether oxygens (including phenoxy) is 1. The van der Waals surface area contributed by atoms with Crippen LogP contribution in [0.15, 0.2) is 60.9 Å². The van der Waals surface area contributed by atoms with Gasteiger partial charge in [-0.15, -0.1) is 0 Å². The lowest BCUT2D eigenvalue weighted by atomic mass is 10.2. The third kappa shape index (κ3) is 4.67. The first-order valence-corrected chi connectivity index (χ1v) is 9.72. The van der Waals surface area contributed by atoms with Crippen LogP contribution in [0, 0.1) is 6.92 Å². The van der Waals surface area contributed by atoms with Gasteiger partial charge in [-0.3, -0.25) is 0 Å². The van der Waals surface area contributed by atoms with Crippen LogP contribution in [-0.4, -0.2) is 16.7 Å². The molecule has 0 aliphatic carbocycles. The summed E-state index contributed by atoms with van der Waals surface area (Å²) >= 11 is 12.5. The largest absolute Gasteiger partial charge is 1.00 e. The summed E-state index contributed by atoms with van der Waals surface area (Å²) in [5, 5.41) is 1.38. The molecule has 2 aromatic heterocycles. The Labute approximate surface area is 186 Å². The molecule has 150 valence electrons. The lowest BCUT2D eigenvalue weighted by Crippen LogP contribution is -3.00. The Morgan fingerprint density at radius 3 is 2.55 bits per heavy atom. The molecule has 0 radical (unpaired) electrons. The van der Waals surface area contributed by atoms with Crippen molar-refractivity contribution in [1.82, 2.24) is 9.55 Å². The highest BCUT2D eigenvalue weighted by molar-refractivity contribution is 6.33. The van der Waals surface area contributed by atoms with Crippen molar-refractivity contribution in [2.24, 2.45) is 0 Å². The van der Waals surface area contributed by atoms with Crippen molar-refractivity contribution in [1.29, 1.82) is 0 Å². The molecule has 0 amide bonds. The minimum Gasteiger partial charge on any atom is -1.00 e. The number of imidazole rings is 1. The Morgan fingerprint density at radius 2 is 1.83 bits per heavy atom. The van der Waals surface area contributed by atoms with Gasteiger partial charge in [0.25, 0.3) is 0 Å². The number of aryl methyl sites for hydroxylation is 1. The maximum atomic E-state index is 6.37. The van der Waals surface area contributed by atoms with Crippen LogP contribution < -0.4 is 21.7 Å². The summed E-state index contributed by atoms with van der Waals surface area (Å²) in [6.45, 7) is 3.39. The fourth-order valence-electron chi connectivity index (χ4n) is 3.30. The number of halogens is 3. The van der Waals surface area contributed by atoms with Crippen molar-refractivity contribution in [2.45, 2.75) is 20.0 Å². The lowest BCUT2D eigenvalue weighted by molar-refractivity contribution is -0.687. The van der Waals surface area contributed by atoms with Crippen LogP contribution in [0.5, 0.6) is 5.75 Å². The van der Waals surface area contributed by atoms with Crippen LogP contribution in [0.3, 0.4) is 0 Å². The molecular weight excluding hydrogens is 429 g/mol. The Hall–Kier alpha value is -2.27. The number of hydrogen-bond acceptors (Lipinski definition) is 2. The Balaban J connectivity index is 0.00000240. The number of benzene rings is 2. The van der Waals surface area contributed by atoms with E-state index in [0.717, 1.165) is 34.7 Å². The third-order valence-corrected chi connectivity index (χ3v) is 5.40. The number of fused-ring (bicyclic) bond motifs is 1. The van der Waals surface area contributed by atoms with Crippen LogP contribution in [0.2, 0.25) is 10.0 Å². The fourth-order valence-corrected chi connectivity index (χ4v) is 3.68. The molecule has 0 spiro atoms. The molecule has 0 unspecified atom stereocenters. The topological polar surface area (TPSA) is 30.9 Å². The van der Waals surface area contributed by atoms with Crippen molar-refractivity contribution in [3.05, 3.63) is 87.9 Å². The fraction of sp³-hybridized carbons (Fsp3) is 0.182. The van der Waals surface area contributed by atoms with E-state index < -0.39 is 0 Å². The van der Waals surface area contributed by atoms with Gasteiger partial charge in [-0.2, -0.15) is 4.57 Å². The molecule has 4 nitrogen and oxygen atoms in total. The number of methoxy groups -OCH3 is 1. The molecule has 29 heavy (non-hydrogen) atoms. The lowest BCUT2D eigenvalue weighted by Gasteiger charge is -2.09. The molecule has 0 atom stereocenters. The van der Waals surface area contributed by atoms with Gasteiger partial charge in [-0.05, 0) is 55.0 Å². The van der Waals surface area contributed by atoms with Crippen molar-refractivity contribution in [3.8, 4) is 5.75 Å². The zero-order valence-electron chi connectivity index (χ0n) is 16.1. The Kier molecular flexibility index (Phi) is 6.68. The van der Waals surface area contributed by atoms with E-state index >= 15 is 0 Å². The molecule has 2 heterocycles. The van der Waals surface area contributed by atoms with Gasteiger partial charge in [0, 0.05) is 21.7 Å². The zero-order valence-corrected chi connectivity index (χ0v) is 18.3. The molecular formula is C22H20Cl3N3O. The first-order valence-electron chi connectivity index (χ1n) is 8.96. The maximum Gasteiger partial charge on any atom is 0.195 e. The van der Waals surface area contributed by atoms with Crippen LogP contribution >= 0.6 is 23.2 Å². The second kappa shape index (κ2) is 9.04. The van der Waals surface area contributed by atoms with E-state index in [0.29, 0.717) is 16.6 Å². The van der Waals surface area contributed by atoms with Crippen LogP contribution in [0.25, 0.3) is 11.0 Å². The van der Waals surface area contributed by atoms with Crippen molar-refractivity contribution >= 4 is 34.2 Å². The van der Waals surface area contributed by atoms with Gasteiger partial charge in [0.15, 0.2) is 18.9 Å². The molecule has 0 bridgehead atoms. The summed E-state index contributed by atoms with van der Waals surface area (Å²) in [5.74, 6) is 1.80. The van der Waals surface area contributed by atoms with E-state index in [2.05, 4.69) is 38.6 Å². The van der Waals surface area contributed by atoms with E-state index in [1.54, 1.807) is 13.2 Å². The summed E-state index contributed by atoms with van der Waals surface area (Å²) in [6, 6.07) is 15.7. The first-order chi connectivity index (χ1) is 13.5. The van der Waals surface area contributed by atoms with Gasteiger partial charge in [-0.1, -0.05) is 23.2 Å². The highest BCUT2D eigenvalue weighted by Gasteiger charge is 2.14. The zero-order chi connectivity index (χ0) is 19.7. The highest BCUT2D eigenvalue weighted by atomic mass is 35.5. The minimum absolute atomic E-state index is 0. The standard InChI is InChI=1S/C22H20Cl2N3O.ClH/c1-15-25-21-9-10-26(12-16-3-6-19(28-2)7-4-16)14-22(21)27(15)13-17-11-18(23)5-8-20(17)24;/h3-11,14H,12-13H2,1-2H3;1H/q+1;/p-1. The predicted octanol–water partition coefficient (Wildman–Crippen LogP) is 2.05. The van der Waals surface area contributed by atoms with Crippen molar-refractivity contribution in [2.75, 3.05) is 7.11 Å². The number of rotatable bonds is 5. The highest BCUT2D eigenvalue weighted by Crippen LogP contribution is 2.24. The van der Waals surface area contributed by atoms with E-state index in [-0.39, 0.29) is 12.4 Å². The van der Waals surface area contributed by atoms with Gasteiger partial charge in [0.05, 0.1) is 13.7 Å².